The Kier molecular flexibility index (Phi) is 9.08. The second-order valence-corrected chi connectivity index (χ2v) is 14.0. The molecule has 6 heteroatoms. The maximum absolute atomic E-state index is 13.9. The van der Waals surface area contributed by atoms with Crippen molar-refractivity contribution in [3.05, 3.63) is 11.8 Å². The first kappa shape index (κ1) is 28.7. The molecule has 5 aliphatic carbocycles. The first-order chi connectivity index (χ1) is 18.9. The number of piperidine rings is 1. The summed E-state index contributed by atoms with van der Waals surface area (Å²) in [6.07, 6.45) is 21.0. The lowest BCUT2D eigenvalue weighted by Gasteiger charge is -2.57. The van der Waals surface area contributed by atoms with Crippen molar-refractivity contribution in [1.29, 1.82) is 0 Å². The fraction of sp³-hybridized carbons (Fsp3) is 0.848. The van der Waals surface area contributed by atoms with Gasteiger partial charge in [0.25, 0.3) is 0 Å². The molecule has 39 heavy (non-hydrogen) atoms. The highest BCUT2D eigenvalue weighted by atomic mass is 16.5. The first-order valence-corrected chi connectivity index (χ1v) is 16.3. The standard InChI is InChI=1S/C33H52N2O4/c1-3-4-5-6-7-11-14-35-28-12-9-8-10-13-33(28,31(38)39-2)22-27(30(35)37)18-29(36)34-23-32-19-24-15-25(20-32)17-26(16-24)21-32/h12,24-27H,3-11,13-23H2,1-2H3,(H,34,36)/t24?,25?,26?,27-,32?,33+/m1/s1. The van der Waals surface area contributed by atoms with E-state index in [1.807, 2.05) is 4.90 Å². The van der Waals surface area contributed by atoms with Crippen LogP contribution in [0.1, 0.15) is 122 Å². The van der Waals surface area contributed by atoms with E-state index in [2.05, 4.69) is 18.3 Å². The molecular weight excluding hydrogens is 488 g/mol. The number of hydrogen-bond acceptors (Lipinski definition) is 4. The lowest BCUT2D eigenvalue weighted by molar-refractivity contribution is -0.159. The molecule has 6 nitrogen and oxygen atoms in total. The van der Waals surface area contributed by atoms with Gasteiger partial charge in [-0.05, 0) is 93.8 Å². The third-order valence-corrected chi connectivity index (χ3v) is 11.0. The van der Waals surface area contributed by atoms with Crippen LogP contribution in [0.4, 0.5) is 0 Å². The SMILES string of the molecule is CCCCCCCCN1C(=O)[C@H](CC(=O)NCC23CC4CC(CC(C4)C2)C3)C[C@@]2(C(=O)OC)CCCCC=C12. The number of nitrogens with one attached hydrogen (secondary N) is 1. The van der Waals surface area contributed by atoms with Gasteiger partial charge in [-0.15, -0.1) is 0 Å². The third kappa shape index (κ3) is 6.10. The van der Waals surface area contributed by atoms with Crippen molar-refractivity contribution in [1.82, 2.24) is 10.2 Å². The smallest absolute Gasteiger partial charge is 0.317 e. The summed E-state index contributed by atoms with van der Waals surface area (Å²) in [7, 11) is 1.46. The molecule has 4 saturated carbocycles. The molecule has 0 aromatic carbocycles. The van der Waals surface area contributed by atoms with Crippen LogP contribution in [0.5, 0.6) is 0 Å². The fourth-order valence-corrected chi connectivity index (χ4v) is 9.57. The number of fused-ring (bicyclic) bond motifs is 1. The molecule has 1 N–H and O–H groups in total. The van der Waals surface area contributed by atoms with Crippen LogP contribution in [0.2, 0.25) is 0 Å². The number of carbonyl (C=O) groups is 3. The van der Waals surface area contributed by atoms with E-state index in [1.54, 1.807) is 0 Å². The summed E-state index contributed by atoms with van der Waals surface area (Å²) in [5.41, 5.74) is 0.317. The van der Waals surface area contributed by atoms with Crippen molar-refractivity contribution >= 4 is 17.8 Å². The highest BCUT2D eigenvalue weighted by Crippen LogP contribution is 2.59. The second kappa shape index (κ2) is 12.3. The van der Waals surface area contributed by atoms with Crippen LogP contribution in [0, 0.1) is 34.5 Å². The molecule has 1 saturated heterocycles. The molecule has 0 unspecified atom stereocenters. The molecule has 1 aliphatic heterocycles. The topological polar surface area (TPSA) is 75.7 Å². The number of methoxy groups -OCH3 is 1. The van der Waals surface area contributed by atoms with Gasteiger partial charge in [0.05, 0.1) is 7.11 Å². The van der Waals surface area contributed by atoms with Crippen LogP contribution in [0.15, 0.2) is 11.8 Å². The van der Waals surface area contributed by atoms with Gasteiger partial charge in [-0.3, -0.25) is 14.4 Å². The van der Waals surface area contributed by atoms with Crippen LogP contribution < -0.4 is 5.32 Å². The lowest BCUT2D eigenvalue weighted by Crippen LogP contribution is -2.54. The Morgan fingerprint density at radius 1 is 0.974 bits per heavy atom. The van der Waals surface area contributed by atoms with E-state index in [9.17, 15) is 14.4 Å². The molecular formula is C33H52N2O4. The zero-order chi connectivity index (χ0) is 27.5. The Labute approximate surface area is 236 Å². The van der Waals surface area contributed by atoms with Crippen LogP contribution in [-0.2, 0) is 19.1 Å². The highest BCUT2D eigenvalue weighted by molar-refractivity contribution is 5.92. The van der Waals surface area contributed by atoms with Crippen molar-refractivity contribution in [2.75, 3.05) is 20.2 Å². The number of nitrogens with zero attached hydrogens (tertiary/aromatic N) is 1. The molecule has 6 aliphatic rings. The van der Waals surface area contributed by atoms with E-state index < -0.39 is 11.3 Å². The summed E-state index contributed by atoms with van der Waals surface area (Å²) in [5.74, 6) is 1.84. The summed E-state index contributed by atoms with van der Waals surface area (Å²) in [5, 5.41) is 3.29. The normalized spacial score (nSPS) is 35.3. The number of ether oxygens (including phenoxy) is 1. The summed E-state index contributed by atoms with van der Waals surface area (Å²) >= 11 is 0. The largest absolute Gasteiger partial charge is 0.468 e. The van der Waals surface area contributed by atoms with Gasteiger partial charge in [0, 0.05) is 31.1 Å². The monoisotopic (exact) mass is 540 g/mol. The molecule has 2 amide bonds. The van der Waals surface area contributed by atoms with E-state index in [0.29, 0.717) is 19.4 Å². The minimum atomic E-state index is -0.813. The summed E-state index contributed by atoms with van der Waals surface area (Å²) in [6, 6.07) is 0. The van der Waals surface area contributed by atoms with Gasteiger partial charge in [-0.1, -0.05) is 51.5 Å². The van der Waals surface area contributed by atoms with Crippen molar-refractivity contribution < 1.29 is 19.1 Å². The minimum Gasteiger partial charge on any atom is -0.468 e. The van der Waals surface area contributed by atoms with E-state index in [4.69, 9.17) is 4.74 Å². The van der Waals surface area contributed by atoms with E-state index in [-0.39, 0.29) is 29.6 Å². The van der Waals surface area contributed by atoms with Crippen LogP contribution in [0.25, 0.3) is 0 Å². The minimum absolute atomic E-state index is 0.0234. The average molecular weight is 541 g/mol. The predicted molar refractivity (Wildman–Crippen MR) is 152 cm³/mol. The second-order valence-electron chi connectivity index (χ2n) is 14.0. The number of allylic oxidation sites excluding steroid dienone is 1. The number of hydrogen-bond donors (Lipinski definition) is 1. The van der Waals surface area contributed by atoms with Gasteiger partial charge in [0.2, 0.25) is 11.8 Å². The van der Waals surface area contributed by atoms with Crippen LogP contribution in [0.3, 0.4) is 0 Å². The molecule has 0 spiro atoms. The Balaban J connectivity index is 1.27. The van der Waals surface area contributed by atoms with Crippen LogP contribution >= 0.6 is 0 Å². The number of rotatable bonds is 12. The quantitative estimate of drug-likeness (QED) is 0.225. The number of likely N-dealkylation sites (tertiary alicyclic amines) is 1. The Morgan fingerprint density at radius 3 is 2.31 bits per heavy atom. The van der Waals surface area contributed by atoms with Crippen LogP contribution in [-0.4, -0.2) is 42.9 Å². The van der Waals surface area contributed by atoms with E-state index in [0.717, 1.165) is 62.1 Å². The zero-order valence-electron chi connectivity index (χ0n) is 24.6. The maximum Gasteiger partial charge on any atom is 0.317 e. The van der Waals surface area contributed by atoms with Crippen molar-refractivity contribution in [2.45, 2.75) is 122 Å². The molecule has 1 heterocycles. The summed E-state index contributed by atoms with van der Waals surface area (Å²) < 4.78 is 5.38. The van der Waals surface area contributed by atoms with Gasteiger partial charge in [0.1, 0.15) is 5.41 Å². The Bertz CT molecular complexity index is 907. The van der Waals surface area contributed by atoms with E-state index >= 15 is 0 Å². The van der Waals surface area contributed by atoms with Gasteiger partial charge in [0.15, 0.2) is 0 Å². The molecule has 6 rings (SSSR count). The first-order valence-electron chi connectivity index (χ1n) is 16.3. The third-order valence-electron chi connectivity index (χ3n) is 11.0. The molecule has 5 fully saturated rings. The van der Waals surface area contributed by atoms with Gasteiger partial charge in [-0.2, -0.15) is 0 Å². The molecule has 0 aromatic rings. The molecule has 218 valence electrons. The molecule has 0 aromatic heterocycles. The summed E-state index contributed by atoms with van der Waals surface area (Å²) in [6.45, 7) is 3.60. The van der Waals surface area contributed by atoms with Crippen molar-refractivity contribution in [3.63, 3.8) is 0 Å². The fourth-order valence-electron chi connectivity index (χ4n) is 9.57. The molecule has 4 bridgehead atoms. The Hall–Kier alpha value is -1.85. The zero-order valence-corrected chi connectivity index (χ0v) is 24.6. The highest BCUT2D eigenvalue weighted by Gasteiger charge is 2.54. The van der Waals surface area contributed by atoms with Gasteiger partial charge in [-0.25, -0.2) is 0 Å². The van der Waals surface area contributed by atoms with Gasteiger partial charge >= 0.3 is 5.97 Å². The van der Waals surface area contributed by atoms with Gasteiger partial charge < -0.3 is 15.0 Å². The summed E-state index contributed by atoms with van der Waals surface area (Å²) in [4.78, 5) is 42.6. The van der Waals surface area contributed by atoms with E-state index in [1.165, 1.54) is 71.3 Å². The number of unbranched alkanes of at least 4 members (excludes halogenated alkanes) is 5. The Morgan fingerprint density at radius 2 is 1.64 bits per heavy atom. The number of esters is 1. The van der Waals surface area contributed by atoms with Crippen molar-refractivity contribution in [2.24, 2.45) is 34.5 Å². The predicted octanol–water partition coefficient (Wildman–Crippen LogP) is 6.54. The number of carbonyl (C=O) groups excluding carboxylic acids is 3. The van der Waals surface area contributed by atoms with Crippen molar-refractivity contribution in [3.8, 4) is 0 Å². The average Bonchev–Trinajstić information content (AvgIpc) is 3.13. The maximum atomic E-state index is 13.9. The number of amides is 2. The molecule has 0 radical (unpaired) electrons. The molecule has 2 atom stereocenters. The lowest BCUT2D eigenvalue weighted by atomic mass is 9.49.